The third-order valence-electron chi connectivity index (χ3n) is 4.70. The summed E-state index contributed by atoms with van der Waals surface area (Å²) in [4.78, 5) is 9.40. The van der Waals surface area contributed by atoms with Crippen LogP contribution in [0.3, 0.4) is 0 Å². The van der Waals surface area contributed by atoms with Gasteiger partial charge in [-0.25, -0.2) is 4.98 Å². The van der Waals surface area contributed by atoms with E-state index in [2.05, 4.69) is 40.9 Å². The second kappa shape index (κ2) is 6.15. The van der Waals surface area contributed by atoms with Gasteiger partial charge in [0.25, 0.3) is 0 Å². The second-order valence-corrected chi connectivity index (χ2v) is 7.59. The van der Waals surface area contributed by atoms with Gasteiger partial charge in [0.2, 0.25) is 0 Å². The fourth-order valence-electron chi connectivity index (χ4n) is 3.53. The van der Waals surface area contributed by atoms with Crippen LogP contribution in [0.15, 0.2) is 17.6 Å². The van der Waals surface area contributed by atoms with E-state index in [4.69, 9.17) is 15.0 Å². The summed E-state index contributed by atoms with van der Waals surface area (Å²) in [5, 5.41) is 11.0. The maximum Gasteiger partial charge on any atom is 0.112 e. The Balaban J connectivity index is 1.82. The fraction of sp³-hybridized carbons (Fsp3) is 0.500. The number of hydrogen-bond acceptors (Lipinski definition) is 5. The average molecular weight is 340 g/mol. The molecule has 0 aliphatic carbocycles. The molecule has 1 aliphatic heterocycles. The summed E-state index contributed by atoms with van der Waals surface area (Å²) < 4.78 is 9.53. The van der Waals surface area contributed by atoms with Crippen LogP contribution < -0.4 is 0 Å². The maximum atomic E-state index is 8.87. The van der Waals surface area contributed by atoms with E-state index in [-0.39, 0.29) is 12.1 Å². The lowest BCUT2D eigenvalue weighted by molar-refractivity contribution is -0.00834. The van der Waals surface area contributed by atoms with Crippen molar-refractivity contribution in [1.29, 1.82) is 5.26 Å². The van der Waals surface area contributed by atoms with Crippen LogP contribution in [0.5, 0.6) is 0 Å². The van der Waals surface area contributed by atoms with Crippen molar-refractivity contribution in [3.8, 4) is 6.07 Å². The van der Waals surface area contributed by atoms with E-state index < -0.39 is 0 Å². The molecule has 24 heavy (non-hydrogen) atoms. The van der Waals surface area contributed by atoms with Crippen LogP contribution in [0, 0.1) is 11.3 Å². The average Bonchev–Trinajstić information content (AvgIpc) is 3.19. The van der Waals surface area contributed by atoms with Crippen molar-refractivity contribution in [3.05, 3.63) is 23.5 Å². The van der Waals surface area contributed by atoms with Crippen LogP contribution in [0.1, 0.15) is 50.9 Å². The molecule has 0 amide bonds. The molecule has 124 valence electrons. The maximum absolute atomic E-state index is 8.87. The number of ether oxygens (including phenoxy) is 1. The van der Waals surface area contributed by atoms with Crippen molar-refractivity contribution in [2.45, 2.75) is 51.2 Å². The molecule has 4 rings (SSSR count). The summed E-state index contributed by atoms with van der Waals surface area (Å²) in [5.74, 6) is 1.43. The Kier molecular flexibility index (Phi) is 3.99. The summed E-state index contributed by atoms with van der Waals surface area (Å²) in [6.07, 6.45) is 4.38. The highest BCUT2D eigenvalue weighted by Gasteiger charge is 2.28. The van der Waals surface area contributed by atoms with Crippen molar-refractivity contribution in [2.75, 3.05) is 6.61 Å². The Morgan fingerprint density at radius 1 is 1.42 bits per heavy atom. The van der Waals surface area contributed by atoms with Gasteiger partial charge in [0, 0.05) is 5.92 Å². The van der Waals surface area contributed by atoms with Crippen molar-refractivity contribution >= 4 is 32.6 Å². The Labute approximate surface area is 144 Å². The summed E-state index contributed by atoms with van der Waals surface area (Å²) in [7, 11) is 0. The van der Waals surface area contributed by atoms with Crippen LogP contribution in [0.4, 0.5) is 0 Å². The Morgan fingerprint density at radius 3 is 3.00 bits per heavy atom. The smallest absolute Gasteiger partial charge is 0.112 e. The van der Waals surface area contributed by atoms with Gasteiger partial charge < -0.3 is 9.30 Å². The van der Waals surface area contributed by atoms with Gasteiger partial charge in [-0.2, -0.15) is 5.26 Å². The minimum Gasteiger partial charge on any atom is -0.375 e. The normalized spacial score (nSPS) is 21.6. The van der Waals surface area contributed by atoms with Gasteiger partial charge in [0.05, 0.1) is 53.2 Å². The van der Waals surface area contributed by atoms with Gasteiger partial charge in [-0.3, -0.25) is 4.98 Å². The highest BCUT2D eigenvalue weighted by Crippen LogP contribution is 2.36. The Hall–Kier alpha value is -1.97. The quantitative estimate of drug-likeness (QED) is 0.709. The summed E-state index contributed by atoms with van der Waals surface area (Å²) in [6, 6.07) is 4.55. The molecule has 4 heterocycles. The molecule has 0 radical (unpaired) electrons. The minimum atomic E-state index is 0.0759. The van der Waals surface area contributed by atoms with Gasteiger partial charge in [0.15, 0.2) is 0 Å². The number of rotatable bonds is 3. The number of imidazole rings is 1. The van der Waals surface area contributed by atoms with E-state index in [1.165, 1.54) is 10.2 Å². The van der Waals surface area contributed by atoms with Crippen molar-refractivity contribution < 1.29 is 4.74 Å². The van der Waals surface area contributed by atoms with Gasteiger partial charge >= 0.3 is 0 Å². The molecule has 0 spiro atoms. The zero-order valence-electron chi connectivity index (χ0n) is 13.9. The van der Waals surface area contributed by atoms with E-state index in [1.54, 1.807) is 11.3 Å². The Bertz CT molecular complexity index is 912. The third-order valence-corrected chi connectivity index (χ3v) is 5.61. The van der Waals surface area contributed by atoms with Gasteiger partial charge in [-0.1, -0.05) is 13.8 Å². The molecule has 1 unspecified atom stereocenters. The molecule has 2 atom stereocenters. The summed E-state index contributed by atoms with van der Waals surface area (Å²) >= 11 is 1.72. The molecule has 0 bridgehead atoms. The lowest BCUT2D eigenvalue weighted by Gasteiger charge is -2.30. The van der Waals surface area contributed by atoms with Crippen molar-refractivity contribution in [3.63, 3.8) is 0 Å². The molecule has 1 fully saturated rings. The molecule has 3 aromatic rings. The van der Waals surface area contributed by atoms with E-state index in [0.717, 1.165) is 29.7 Å². The lowest BCUT2D eigenvalue weighted by Crippen LogP contribution is -2.28. The topological polar surface area (TPSA) is 63.7 Å². The van der Waals surface area contributed by atoms with Gasteiger partial charge in [-0.05, 0) is 24.3 Å². The lowest BCUT2D eigenvalue weighted by atomic mass is 10.0. The molecular formula is C18H20N4OS. The van der Waals surface area contributed by atoms with Crippen molar-refractivity contribution in [2.24, 2.45) is 0 Å². The Morgan fingerprint density at radius 2 is 2.29 bits per heavy atom. The SMILES string of the molecule is CC(C)c1nc2cnc3ccsc3c2n1[C@H]1CCC(CC#N)OC1. The van der Waals surface area contributed by atoms with E-state index in [9.17, 15) is 0 Å². The molecule has 3 aromatic heterocycles. The first-order chi connectivity index (χ1) is 11.7. The van der Waals surface area contributed by atoms with Gasteiger partial charge in [0.1, 0.15) is 11.3 Å². The number of aromatic nitrogens is 3. The van der Waals surface area contributed by atoms with Crippen LogP contribution in [-0.2, 0) is 4.74 Å². The highest BCUT2D eigenvalue weighted by atomic mass is 32.1. The standard InChI is InChI=1S/C18H20N4OS/c1-11(2)18-21-15-9-20-14-6-8-24-17(14)16(15)22(18)12-3-4-13(5-7-19)23-10-12/h6,8-9,11-13H,3-5,10H2,1-2H3/t12-,13?/m0/s1. The molecule has 0 saturated carbocycles. The largest absolute Gasteiger partial charge is 0.375 e. The van der Waals surface area contributed by atoms with Crippen LogP contribution >= 0.6 is 11.3 Å². The molecular weight excluding hydrogens is 320 g/mol. The summed E-state index contributed by atoms with van der Waals surface area (Å²) in [6.45, 7) is 5.00. The zero-order chi connectivity index (χ0) is 16.7. The number of thiophene rings is 1. The molecule has 5 nitrogen and oxygen atoms in total. The number of fused-ring (bicyclic) bond motifs is 3. The predicted octanol–water partition coefficient (Wildman–Crippen LogP) is 4.40. The first kappa shape index (κ1) is 15.6. The zero-order valence-corrected chi connectivity index (χ0v) is 14.7. The van der Waals surface area contributed by atoms with E-state index in [0.29, 0.717) is 18.9 Å². The van der Waals surface area contributed by atoms with Crippen LogP contribution in [0.25, 0.3) is 21.3 Å². The molecule has 6 heteroatoms. The third kappa shape index (κ3) is 2.48. The second-order valence-electron chi connectivity index (χ2n) is 6.67. The van der Waals surface area contributed by atoms with Gasteiger partial charge in [-0.15, -0.1) is 11.3 Å². The van der Waals surface area contributed by atoms with Crippen molar-refractivity contribution in [1.82, 2.24) is 14.5 Å². The molecule has 0 N–H and O–H groups in total. The minimum absolute atomic E-state index is 0.0759. The van der Waals surface area contributed by atoms with Crippen LogP contribution in [-0.4, -0.2) is 27.2 Å². The number of nitriles is 1. The molecule has 0 aromatic carbocycles. The first-order valence-electron chi connectivity index (χ1n) is 8.41. The number of nitrogens with zero attached hydrogens (tertiary/aromatic N) is 4. The van der Waals surface area contributed by atoms with E-state index >= 15 is 0 Å². The first-order valence-corrected chi connectivity index (χ1v) is 9.29. The fourth-order valence-corrected chi connectivity index (χ4v) is 4.42. The summed E-state index contributed by atoms with van der Waals surface area (Å²) in [5.41, 5.74) is 3.18. The van der Waals surface area contributed by atoms with E-state index in [1.807, 2.05) is 6.20 Å². The molecule has 1 aliphatic rings. The highest BCUT2D eigenvalue weighted by molar-refractivity contribution is 7.18. The monoisotopic (exact) mass is 340 g/mol. The number of hydrogen-bond donors (Lipinski definition) is 0. The number of pyridine rings is 1. The predicted molar refractivity (Wildman–Crippen MR) is 95.2 cm³/mol. The molecule has 1 saturated heterocycles. The van der Waals surface area contributed by atoms with Crippen LogP contribution in [0.2, 0.25) is 0 Å².